The highest BCUT2D eigenvalue weighted by molar-refractivity contribution is 5.91. The molecule has 0 N–H and O–H groups in total. The lowest BCUT2D eigenvalue weighted by atomic mass is 9.93. The van der Waals surface area contributed by atoms with E-state index in [9.17, 15) is 4.79 Å². The minimum absolute atomic E-state index is 0.0351. The molecule has 6 heteroatoms. The Labute approximate surface area is 147 Å². The van der Waals surface area contributed by atoms with Gasteiger partial charge in [-0.15, -0.1) is 0 Å². The van der Waals surface area contributed by atoms with E-state index < -0.39 is 0 Å². The average molecular weight is 341 g/mol. The van der Waals surface area contributed by atoms with Crippen molar-refractivity contribution in [3.05, 3.63) is 54.2 Å². The Morgan fingerprint density at radius 3 is 3.00 bits per heavy atom. The number of fused-ring (bicyclic) bond motifs is 1. The SMILES string of the molecule is O=C(c1ccco1)N1CCO[C@H]2CN(Cc3cccnc3)CC[C@H]2C1. The summed E-state index contributed by atoms with van der Waals surface area (Å²) in [5.41, 5.74) is 1.23. The molecule has 2 aromatic heterocycles. The zero-order valence-electron chi connectivity index (χ0n) is 14.2. The van der Waals surface area contributed by atoms with Gasteiger partial charge < -0.3 is 14.1 Å². The van der Waals surface area contributed by atoms with E-state index in [1.807, 2.05) is 17.2 Å². The molecule has 132 valence electrons. The van der Waals surface area contributed by atoms with Crippen LogP contribution < -0.4 is 0 Å². The van der Waals surface area contributed by atoms with Gasteiger partial charge in [0.2, 0.25) is 0 Å². The summed E-state index contributed by atoms with van der Waals surface area (Å²) in [6.07, 6.45) is 6.48. The van der Waals surface area contributed by atoms with Gasteiger partial charge in [-0.05, 0) is 36.7 Å². The largest absolute Gasteiger partial charge is 0.459 e. The molecular weight excluding hydrogens is 318 g/mol. The van der Waals surface area contributed by atoms with Crippen LogP contribution >= 0.6 is 0 Å². The molecule has 2 atom stereocenters. The van der Waals surface area contributed by atoms with E-state index in [0.29, 0.717) is 24.8 Å². The number of hydrogen-bond acceptors (Lipinski definition) is 5. The van der Waals surface area contributed by atoms with Gasteiger partial charge in [0.15, 0.2) is 5.76 Å². The lowest BCUT2D eigenvalue weighted by molar-refractivity contribution is -0.0241. The van der Waals surface area contributed by atoms with E-state index in [1.54, 1.807) is 24.6 Å². The summed E-state index contributed by atoms with van der Waals surface area (Å²) >= 11 is 0. The molecule has 2 aliphatic rings. The second-order valence-corrected chi connectivity index (χ2v) is 6.78. The van der Waals surface area contributed by atoms with Crippen LogP contribution in [0.15, 0.2) is 47.3 Å². The fraction of sp³-hybridized carbons (Fsp3) is 0.474. The Morgan fingerprint density at radius 2 is 2.20 bits per heavy atom. The van der Waals surface area contributed by atoms with Crippen molar-refractivity contribution in [3.8, 4) is 0 Å². The molecule has 2 fully saturated rings. The third-order valence-corrected chi connectivity index (χ3v) is 5.08. The number of aromatic nitrogens is 1. The molecule has 0 bridgehead atoms. The summed E-state index contributed by atoms with van der Waals surface area (Å²) in [5.74, 6) is 0.756. The number of rotatable bonds is 3. The van der Waals surface area contributed by atoms with Crippen molar-refractivity contribution >= 4 is 5.91 Å². The number of amides is 1. The van der Waals surface area contributed by atoms with Crippen LogP contribution in [-0.4, -0.2) is 59.6 Å². The van der Waals surface area contributed by atoms with Gasteiger partial charge >= 0.3 is 0 Å². The fourth-order valence-electron chi connectivity index (χ4n) is 3.75. The monoisotopic (exact) mass is 341 g/mol. The number of ether oxygens (including phenoxy) is 1. The maximum absolute atomic E-state index is 12.6. The normalized spacial score (nSPS) is 24.6. The molecule has 6 nitrogen and oxygen atoms in total. The van der Waals surface area contributed by atoms with E-state index in [2.05, 4.69) is 16.0 Å². The summed E-state index contributed by atoms with van der Waals surface area (Å²) in [5, 5.41) is 0. The first-order valence-corrected chi connectivity index (χ1v) is 8.85. The topological polar surface area (TPSA) is 58.8 Å². The summed E-state index contributed by atoms with van der Waals surface area (Å²) in [6, 6.07) is 7.56. The first kappa shape index (κ1) is 16.3. The predicted molar refractivity (Wildman–Crippen MR) is 92.0 cm³/mol. The maximum Gasteiger partial charge on any atom is 0.289 e. The number of furan rings is 1. The highest BCUT2D eigenvalue weighted by Gasteiger charge is 2.35. The maximum atomic E-state index is 12.6. The molecular formula is C19H23N3O3. The molecule has 0 unspecified atom stereocenters. The number of likely N-dealkylation sites (tertiary alicyclic amines) is 1. The van der Waals surface area contributed by atoms with Crippen LogP contribution in [0.5, 0.6) is 0 Å². The van der Waals surface area contributed by atoms with Crippen LogP contribution in [0.1, 0.15) is 22.5 Å². The van der Waals surface area contributed by atoms with E-state index in [1.165, 1.54) is 5.56 Å². The molecule has 2 aliphatic heterocycles. The van der Waals surface area contributed by atoms with E-state index in [-0.39, 0.29) is 12.0 Å². The molecule has 0 spiro atoms. The summed E-state index contributed by atoms with van der Waals surface area (Å²) < 4.78 is 11.4. The average Bonchev–Trinajstić information content (AvgIpc) is 3.09. The Bertz CT molecular complexity index is 689. The Kier molecular flexibility index (Phi) is 4.81. The molecule has 0 saturated carbocycles. The predicted octanol–water partition coefficient (Wildman–Crippen LogP) is 2.04. The third kappa shape index (κ3) is 3.75. The Hall–Kier alpha value is -2.18. The number of nitrogens with zero attached hydrogens (tertiary/aromatic N) is 3. The number of piperidine rings is 1. The first-order valence-electron chi connectivity index (χ1n) is 8.85. The Morgan fingerprint density at radius 1 is 1.24 bits per heavy atom. The number of pyridine rings is 1. The van der Waals surface area contributed by atoms with Gasteiger partial charge in [-0.3, -0.25) is 14.7 Å². The molecule has 4 heterocycles. The molecule has 2 saturated heterocycles. The van der Waals surface area contributed by atoms with E-state index in [0.717, 1.165) is 32.6 Å². The van der Waals surface area contributed by atoms with Crippen molar-refractivity contribution in [1.29, 1.82) is 0 Å². The van der Waals surface area contributed by atoms with Gasteiger partial charge in [-0.25, -0.2) is 0 Å². The lowest BCUT2D eigenvalue weighted by Crippen LogP contribution is -2.47. The molecule has 25 heavy (non-hydrogen) atoms. The van der Waals surface area contributed by atoms with Crippen molar-refractivity contribution in [2.75, 3.05) is 32.8 Å². The highest BCUT2D eigenvalue weighted by atomic mass is 16.5. The van der Waals surface area contributed by atoms with Crippen molar-refractivity contribution in [2.45, 2.75) is 19.1 Å². The van der Waals surface area contributed by atoms with Gasteiger partial charge in [0.05, 0.1) is 19.0 Å². The van der Waals surface area contributed by atoms with Gasteiger partial charge in [0.1, 0.15) is 0 Å². The van der Waals surface area contributed by atoms with Gasteiger partial charge in [0, 0.05) is 44.5 Å². The Balaban J connectivity index is 1.38. The van der Waals surface area contributed by atoms with Crippen LogP contribution in [0.3, 0.4) is 0 Å². The van der Waals surface area contributed by atoms with Gasteiger partial charge in [-0.2, -0.15) is 0 Å². The van der Waals surface area contributed by atoms with Crippen molar-refractivity contribution in [2.24, 2.45) is 5.92 Å². The summed E-state index contributed by atoms with van der Waals surface area (Å²) in [6.45, 7) is 4.76. The molecule has 4 rings (SSSR count). The van der Waals surface area contributed by atoms with Crippen molar-refractivity contribution in [1.82, 2.24) is 14.8 Å². The zero-order chi connectivity index (χ0) is 17.1. The van der Waals surface area contributed by atoms with Gasteiger partial charge in [0.25, 0.3) is 5.91 Å². The number of carbonyl (C=O) groups is 1. The van der Waals surface area contributed by atoms with Crippen LogP contribution in [-0.2, 0) is 11.3 Å². The van der Waals surface area contributed by atoms with Crippen LogP contribution in [0.25, 0.3) is 0 Å². The highest BCUT2D eigenvalue weighted by Crippen LogP contribution is 2.25. The summed E-state index contributed by atoms with van der Waals surface area (Å²) in [7, 11) is 0. The standard InChI is InChI=1S/C19H23N3O3/c23-19(17-4-2-9-24-17)22-8-10-25-18-14-21(7-5-16(18)13-22)12-15-3-1-6-20-11-15/h1-4,6,9,11,16,18H,5,7-8,10,12-14H2/t16-,18-/m0/s1. The molecule has 0 aromatic carbocycles. The first-order chi connectivity index (χ1) is 12.3. The van der Waals surface area contributed by atoms with Gasteiger partial charge in [-0.1, -0.05) is 6.07 Å². The van der Waals surface area contributed by atoms with Crippen LogP contribution in [0, 0.1) is 5.92 Å². The third-order valence-electron chi connectivity index (χ3n) is 5.08. The zero-order valence-corrected chi connectivity index (χ0v) is 14.2. The van der Waals surface area contributed by atoms with Crippen molar-refractivity contribution in [3.63, 3.8) is 0 Å². The van der Waals surface area contributed by atoms with Crippen LogP contribution in [0.4, 0.5) is 0 Å². The summed E-state index contributed by atoms with van der Waals surface area (Å²) in [4.78, 5) is 21.0. The van der Waals surface area contributed by atoms with Crippen molar-refractivity contribution < 1.29 is 13.9 Å². The smallest absolute Gasteiger partial charge is 0.289 e. The fourth-order valence-corrected chi connectivity index (χ4v) is 3.75. The minimum atomic E-state index is -0.0351. The molecule has 0 aliphatic carbocycles. The van der Waals surface area contributed by atoms with E-state index in [4.69, 9.17) is 9.15 Å². The quantitative estimate of drug-likeness (QED) is 0.855. The van der Waals surface area contributed by atoms with Crippen LogP contribution in [0.2, 0.25) is 0 Å². The molecule has 2 aromatic rings. The lowest BCUT2D eigenvalue weighted by Gasteiger charge is -2.37. The minimum Gasteiger partial charge on any atom is -0.459 e. The second kappa shape index (κ2) is 7.37. The number of hydrogen-bond donors (Lipinski definition) is 0. The number of carbonyl (C=O) groups excluding carboxylic acids is 1. The molecule has 1 amide bonds. The second-order valence-electron chi connectivity index (χ2n) is 6.78. The molecule has 0 radical (unpaired) electrons. The van der Waals surface area contributed by atoms with E-state index >= 15 is 0 Å².